The van der Waals surface area contributed by atoms with E-state index in [0.717, 1.165) is 113 Å². The summed E-state index contributed by atoms with van der Waals surface area (Å²) in [5, 5.41) is 7.70. The van der Waals surface area contributed by atoms with Crippen molar-refractivity contribution in [3.63, 3.8) is 0 Å². The molecule has 4 nitrogen and oxygen atoms in total. The Morgan fingerprint density at radius 2 is 1.20 bits per heavy atom. The Morgan fingerprint density at radius 3 is 2.14 bits per heavy atom. The molecule has 8 aromatic carbocycles. The van der Waals surface area contributed by atoms with Gasteiger partial charge in [-0.2, -0.15) is 0 Å². The molecule has 0 amide bonds. The summed E-state index contributed by atoms with van der Waals surface area (Å²) >= 11 is 0. The summed E-state index contributed by atoms with van der Waals surface area (Å²) in [5.74, 6) is 0.932. The van der Waals surface area contributed by atoms with E-state index in [1.807, 2.05) is 12.1 Å². The van der Waals surface area contributed by atoms with E-state index in [4.69, 9.17) is 13.3 Å². The van der Waals surface area contributed by atoms with Crippen LogP contribution in [-0.2, 0) is 6.42 Å². The lowest BCUT2D eigenvalue weighted by molar-refractivity contribution is 0.595. The first kappa shape index (κ1) is 31.1. The number of fused-ring (bicyclic) bond motifs is 10. The highest BCUT2D eigenvalue weighted by molar-refractivity contribution is 6.23. The largest absolute Gasteiger partial charge is 0.456 e. The number of rotatable bonds is 5. The summed E-state index contributed by atoms with van der Waals surface area (Å²) in [5.41, 5.74) is 12.9. The third kappa shape index (κ3) is 4.66. The number of furan rings is 3. The van der Waals surface area contributed by atoms with E-state index in [9.17, 15) is 0 Å². The van der Waals surface area contributed by atoms with Crippen molar-refractivity contribution in [2.45, 2.75) is 12.8 Å². The van der Waals surface area contributed by atoms with Crippen LogP contribution in [0.25, 0.3) is 93.9 Å². The molecule has 0 saturated carbocycles. The first-order chi connectivity index (χ1) is 27.8. The van der Waals surface area contributed by atoms with E-state index >= 15 is 0 Å². The predicted octanol–water partition coefficient (Wildman–Crippen LogP) is 15.1. The fraction of sp³-hybridized carbons (Fsp3) is 0.0385. The maximum absolute atomic E-state index is 7.10. The second-order valence-corrected chi connectivity index (χ2v) is 14.7. The standard InChI is InChI=1S/C52H33NO3/c1-2-13-32(14-3-1)35-17-10-18-37(30-35)53(43-23-11-21-39-38-19-6-8-24-44(38)55-51(39)43)42-22-12-26-46-49(42)41-31-47-50(40-20-7-9-25-45(40)54-47)48(52(41)56-46)36-28-27-33-15-4-5-16-34(33)29-36/h1-6,8-19,21-31H,7,20H2. The minimum absolute atomic E-state index is 0.807. The van der Waals surface area contributed by atoms with Crippen LogP contribution < -0.4 is 4.90 Å². The van der Waals surface area contributed by atoms with Crippen LogP contribution in [0.2, 0.25) is 0 Å². The molecule has 0 bridgehead atoms. The maximum atomic E-state index is 7.10. The molecule has 0 saturated heterocycles. The van der Waals surface area contributed by atoms with Gasteiger partial charge in [0.25, 0.3) is 0 Å². The molecule has 3 aromatic heterocycles. The molecular formula is C52H33NO3. The summed E-state index contributed by atoms with van der Waals surface area (Å²) in [4.78, 5) is 2.34. The van der Waals surface area contributed by atoms with Crippen molar-refractivity contribution in [3.8, 4) is 22.3 Å². The van der Waals surface area contributed by atoms with E-state index in [1.54, 1.807) is 0 Å². The van der Waals surface area contributed by atoms with Crippen LogP contribution in [-0.4, -0.2) is 0 Å². The van der Waals surface area contributed by atoms with Gasteiger partial charge in [-0.25, -0.2) is 0 Å². The Balaban J connectivity index is 1.19. The Bertz CT molecular complexity index is 3380. The van der Waals surface area contributed by atoms with Crippen molar-refractivity contribution in [2.24, 2.45) is 0 Å². The summed E-state index contributed by atoms with van der Waals surface area (Å²) < 4.78 is 20.6. The van der Waals surface area contributed by atoms with Crippen molar-refractivity contribution in [1.29, 1.82) is 0 Å². The molecule has 0 fully saturated rings. The van der Waals surface area contributed by atoms with Crippen LogP contribution in [0, 0.1) is 0 Å². The molecule has 0 atom stereocenters. The number of hydrogen-bond donors (Lipinski definition) is 0. The number of hydrogen-bond acceptors (Lipinski definition) is 4. The lowest BCUT2D eigenvalue weighted by atomic mass is 9.91. The van der Waals surface area contributed by atoms with Crippen molar-refractivity contribution in [1.82, 2.24) is 0 Å². The minimum atomic E-state index is 0.807. The summed E-state index contributed by atoms with van der Waals surface area (Å²) in [6.45, 7) is 0. The summed E-state index contributed by atoms with van der Waals surface area (Å²) in [7, 11) is 0. The molecule has 1 aliphatic rings. The highest BCUT2D eigenvalue weighted by atomic mass is 16.3. The molecule has 264 valence electrons. The lowest BCUT2D eigenvalue weighted by Gasteiger charge is -2.26. The highest BCUT2D eigenvalue weighted by Crippen LogP contribution is 2.50. The Hall–Kier alpha value is -7.30. The molecule has 0 radical (unpaired) electrons. The van der Waals surface area contributed by atoms with Gasteiger partial charge in [0.2, 0.25) is 0 Å². The molecule has 3 heterocycles. The SMILES string of the molecule is C1=Cc2oc3cc4c(oc5cccc(N(c6cccc(-c7ccccc7)c6)c6cccc7c6oc6ccccc67)c54)c(-c4ccc5ccccc5c4)c3c2CC1. The molecule has 0 spiro atoms. The van der Waals surface area contributed by atoms with Gasteiger partial charge in [-0.05, 0) is 94.9 Å². The van der Waals surface area contributed by atoms with Gasteiger partial charge in [0.15, 0.2) is 5.58 Å². The van der Waals surface area contributed by atoms with Gasteiger partial charge in [-0.15, -0.1) is 0 Å². The first-order valence-corrected chi connectivity index (χ1v) is 19.2. The highest BCUT2D eigenvalue weighted by Gasteiger charge is 2.28. The Kier molecular flexibility index (Phi) is 6.72. The van der Waals surface area contributed by atoms with Crippen LogP contribution in [0.5, 0.6) is 0 Å². The smallest absolute Gasteiger partial charge is 0.159 e. The van der Waals surface area contributed by atoms with E-state index < -0.39 is 0 Å². The predicted molar refractivity (Wildman–Crippen MR) is 231 cm³/mol. The van der Waals surface area contributed by atoms with Crippen LogP contribution in [0.3, 0.4) is 0 Å². The topological polar surface area (TPSA) is 42.7 Å². The molecular weight excluding hydrogens is 687 g/mol. The molecule has 11 aromatic rings. The Labute approximate surface area is 322 Å². The monoisotopic (exact) mass is 719 g/mol. The van der Waals surface area contributed by atoms with Crippen LogP contribution in [0.1, 0.15) is 17.7 Å². The summed E-state index contributed by atoms with van der Waals surface area (Å²) in [6.07, 6.45) is 6.23. The van der Waals surface area contributed by atoms with E-state index in [-0.39, 0.29) is 0 Å². The zero-order valence-corrected chi connectivity index (χ0v) is 30.3. The third-order valence-electron chi connectivity index (χ3n) is 11.5. The lowest BCUT2D eigenvalue weighted by Crippen LogP contribution is -2.10. The summed E-state index contributed by atoms with van der Waals surface area (Å²) in [6, 6.07) is 57.9. The molecule has 56 heavy (non-hydrogen) atoms. The number of aryl methyl sites for hydroxylation is 1. The number of anilines is 3. The van der Waals surface area contributed by atoms with Gasteiger partial charge >= 0.3 is 0 Å². The van der Waals surface area contributed by atoms with Gasteiger partial charge in [0.05, 0.1) is 16.8 Å². The average molecular weight is 720 g/mol. The van der Waals surface area contributed by atoms with Gasteiger partial charge < -0.3 is 18.2 Å². The van der Waals surface area contributed by atoms with E-state index in [2.05, 4.69) is 169 Å². The Morgan fingerprint density at radius 1 is 0.446 bits per heavy atom. The molecule has 4 heteroatoms. The fourth-order valence-corrected chi connectivity index (χ4v) is 8.98. The molecule has 0 aliphatic heterocycles. The fourth-order valence-electron chi connectivity index (χ4n) is 8.98. The minimum Gasteiger partial charge on any atom is -0.456 e. The quantitative estimate of drug-likeness (QED) is 0.178. The van der Waals surface area contributed by atoms with E-state index in [0.29, 0.717) is 0 Å². The number of allylic oxidation sites excluding steroid dienone is 1. The normalized spacial score (nSPS) is 12.8. The van der Waals surface area contributed by atoms with Gasteiger partial charge in [0, 0.05) is 38.4 Å². The number of nitrogens with zero attached hydrogens (tertiary/aromatic N) is 1. The second-order valence-electron chi connectivity index (χ2n) is 14.7. The van der Waals surface area contributed by atoms with Crippen molar-refractivity contribution >= 4 is 88.8 Å². The van der Waals surface area contributed by atoms with Crippen LogP contribution in [0.15, 0.2) is 183 Å². The molecule has 0 unspecified atom stereocenters. The van der Waals surface area contributed by atoms with Crippen molar-refractivity contribution < 1.29 is 13.3 Å². The molecule has 12 rings (SSSR count). The van der Waals surface area contributed by atoms with Crippen LogP contribution >= 0.6 is 0 Å². The van der Waals surface area contributed by atoms with Gasteiger partial charge in [-0.3, -0.25) is 0 Å². The zero-order chi connectivity index (χ0) is 36.7. The maximum Gasteiger partial charge on any atom is 0.159 e. The molecule has 1 aliphatic carbocycles. The number of benzene rings is 8. The van der Waals surface area contributed by atoms with Gasteiger partial charge in [0.1, 0.15) is 28.1 Å². The van der Waals surface area contributed by atoms with Crippen molar-refractivity contribution in [3.05, 3.63) is 181 Å². The van der Waals surface area contributed by atoms with E-state index in [1.165, 1.54) is 16.3 Å². The first-order valence-electron chi connectivity index (χ1n) is 19.2. The molecule has 0 N–H and O–H groups in total. The average Bonchev–Trinajstić information content (AvgIpc) is 3.95. The third-order valence-corrected chi connectivity index (χ3v) is 11.5. The van der Waals surface area contributed by atoms with Gasteiger partial charge in [-0.1, -0.05) is 121 Å². The van der Waals surface area contributed by atoms with Crippen molar-refractivity contribution in [2.75, 3.05) is 4.90 Å². The van der Waals surface area contributed by atoms with Crippen LogP contribution in [0.4, 0.5) is 17.1 Å². The zero-order valence-electron chi connectivity index (χ0n) is 30.3. The second kappa shape index (κ2) is 12.1. The number of para-hydroxylation sites is 2.